The molecule has 0 amide bonds. The van der Waals surface area contributed by atoms with Gasteiger partial charge in [0.1, 0.15) is 29.3 Å². The van der Waals surface area contributed by atoms with E-state index in [1.165, 1.54) is 0 Å². The van der Waals surface area contributed by atoms with Crippen molar-refractivity contribution in [2.45, 2.75) is 43.8 Å². The number of aromatic nitrogens is 2. The van der Waals surface area contributed by atoms with Crippen molar-refractivity contribution in [2.24, 2.45) is 0 Å². The summed E-state index contributed by atoms with van der Waals surface area (Å²) in [5.74, 6) is 1.94. The van der Waals surface area contributed by atoms with Crippen LogP contribution in [-0.2, 0) is 4.74 Å². The molecule has 3 fully saturated rings. The summed E-state index contributed by atoms with van der Waals surface area (Å²) in [5.41, 5.74) is 7.34. The van der Waals surface area contributed by atoms with E-state index in [2.05, 4.69) is 16.8 Å². The standard InChI is InChI=1S/C20H25N5O2/c1-19(4-5-19)27-14-2-3-16(21)15(10-14)18(22)25-11-17(23-13-25)24-8-9-26-20(12-24)6-7-20/h2-3,10-11,13,22H,4-9,12,21H2,1H3. The minimum absolute atomic E-state index is 0.0462. The Hall–Kier alpha value is -2.54. The van der Waals surface area contributed by atoms with Gasteiger partial charge in [0.25, 0.3) is 0 Å². The van der Waals surface area contributed by atoms with E-state index in [4.69, 9.17) is 20.6 Å². The first-order valence-corrected chi connectivity index (χ1v) is 9.56. The molecule has 0 atom stereocenters. The smallest absolute Gasteiger partial charge is 0.147 e. The fourth-order valence-corrected chi connectivity index (χ4v) is 3.59. The van der Waals surface area contributed by atoms with Crippen LogP contribution in [0.1, 0.15) is 38.2 Å². The van der Waals surface area contributed by atoms with Crippen LogP contribution < -0.4 is 15.4 Å². The molecule has 1 aromatic heterocycles. The van der Waals surface area contributed by atoms with Crippen molar-refractivity contribution >= 4 is 17.3 Å². The number of nitrogens with two attached hydrogens (primary N) is 1. The summed E-state index contributed by atoms with van der Waals surface area (Å²) >= 11 is 0. The third-order valence-corrected chi connectivity index (χ3v) is 5.81. The van der Waals surface area contributed by atoms with Gasteiger partial charge < -0.3 is 20.1 Å². The highest BCUT2D eigenvalue weighted by Crippen LogP contribution is 2.43. The highest BCUT2D eigenvalue weighted by Gasteiger charge is 2.47. The van der Waals surface area contributed by atoms with Crippen LogP contribution in [0, 0.1) is 5.41 Å². The number of morpholine rings is 1. The lowest BCUT2D eigenvalue weighted by Gasteiger charge is -2.33. The molecule has 1 aliphatic heterocycles. The maximum Gasteiger partial charge on any atom is 0.147 e. The minimum Gasteiger partial charge on any atom is -0.488 e. The lowest BCUT2D eigenvalue weighted by Crippen LogP contribution is -2.44. The summed E-state index contributed by atoms with van der Waals surface area (Å²) in [6.45, 7) is 4.54. The van der Waals surface area contributed by atoms with Gasteiger partial charge >= 0.3 is 0 Å². The van der Waals surface area contributed by atoms with Gasteiger partial charge in [-0.05, 0) is 50.8 Å². The third-order valence-electron chi connectivity index (χ3n) is 5.81. The van der Waals surface area contributed by atoms with Crippen LogP contribution in [0.25, 0.3) is 0 Å². The molecule has 2 saturated carbocycles. The normalized spacial score (nSPS) is 21.9. The molecule has 2 heterocycles. The second kappa shape index (κ2) is 5.73. The quantitative estimate of drug-likeness (QED) is 0.493. The second-order valence-electron chi connectivity index (χ2n) is 8.24. The Kier molecular flexibility index (Phi) is 3.53. The summed E-state index contributed by atoms with van der Waals surface area (Å²) in [5, 5.41) is 8.62. The van der Waals surface area contributed by atoms with Crippen LogP contribution in [0.3, 0.4) is 0 Å². The molecular weight excluding hydrogens is 342 g/mol. The molecule has 2 aliphatic carbocycles. The molecule has 27 heavy (non-hydrogen) atoms. The van der Waals surface area contributed by atoms with Gasteiger partial charge in [-0.1, -0.05) is 0 Å². The van der Waals surface area contributed by atoms with Crippen LogP contribution in [0.15, 0.2) is 30.7 Å². The summed E-state index contributed by atoms with van der Waals surface area (Å²) in [7, 11) is 0. The Bertz CT molecular complexity index is 898. The molecule has 7 heteroatoms. The lowest BCUT2D eigenvalue weighted by molar-refractivity contribution is 0.0204. The fraction of sp³-hybridized carbons (Fsp3) is 0.500. The van der Waals surface area contributed by atoms with Crippen LogP contribution in [0.5, 0.6) is 5.75 Å². The van der Waals surface area contributed by atoms with Crippen LogP contribution in [0.2, 0.25) is 0 Å². The Morgan fingerprint density at radius 3 is 2.85 bits per heavy atom. The average Bonchev–Trinajstić information content (AvgIpc) is 3.52. The van der Waals surface area contributed by atoms with E-state index in [0.717, 1.165) is 56.9 Å². The minimum atomic E-state index is -0.0626. The number of nitrogens with one attached hydrogen (secondary N) is 1. The zero-order valence-corrected chi connectivity index (χ0v) is 15.6. The van der Waals surface area contributed by atoms with Crippen LogP contribution in [-0.4, -0.2) is 46.3 Å². The van der Waals surface area contributed by atoms with Crippen molar-refractivity contribution in [3.63, 3.8) is 0 Å². The Labute approximate surface area is 158 Å². The van der Waals surface area contributed by atoms with E-state index < -0.39 is 0 Å². The number of hydrogen-bond acceptors (Lipinski definition) is 6. The van der Waals surface area contributed by atoms with Gasteiger partial charge in [0.15, 0.2) is 0 Å². The summed E-state index contributed by atoms with van der Waals surface area (Å²) in [6, 6.07) is 5.54. The van der Waals surface area contributed by atoms with Crippen molar-refractivity contribution < 1.29 is 9.47 Å². The second-order valence-corrected chi connectivity index (χ2v) is 8.24. The molecule has 7 nitrogen and oxygen atoms in total. The average molecular weight is 367 g/mol. The molecule has 3 N–H and O–H groups in total. The number of imidazole rings is 1. The van der Waals surface area contributed by atoms with Gasteiger partial charge in [0, 0.05) is 24.3 Å². The maximum absolute atomic E-state index is 8.62. The van der Waals surface area contributed by atoms with E-state index in [-0.39, 0.29) is 11.2 Å². The number of anilines is 2. The zero-order chi connectivity index (χ0) is 18.6. The molecule has 0 radical (unpaired) electrons. The topological polar surface area (TPSA) is 89.4 Å². The maximum atomic E-state index is 8.62. The Morgan fingerprint density at radius 1 is 1.30 bits per heavy atom. The van der Waals surface area contributed by atoms with E-state index in [9.17, 15) is 0 Å². The van der Waals surface area contributed by atoms with Gasteiger partial charge in [-0.15, -0.1) is 0 Å². The highest BCUT2D eigenvalue weighted by molar-refractivity contribution is 6.02. The molecule has 1 saturated heterocycles. The molecule has 0 bridgehead atoms. The van der Waals surface area contributed by atoms with Gasteiger partial charge in [-0.2, -0.15) is 0 Å². The first kappa shape index (κ1) is 16.6. The van der Waals surface area contributed by atoms with Gasteiger partial charge in [-0.3, -0.25) is 9.98 Å². The van der Waals surface area contributed by atoms with Crippen molar-refractivity contribution in [1.29, 1.82) is 5.41 Å². The molecule has 2 aromatic rings. The third kappa shape index (κ3) is 3.16. The van der Waals surface area contributed by atoms with E-state index in [1.807, 2.05) is 24.4 Å². The molecule has 5 rings (SSSR count). The fourth-order valence-electron chi connectivity index (χ4n) is 3.59. The molecule has 142 valence electrons. The number of ether oxygens (including phenoxy) is 2. The van der Waals surface area contributed by atoms with E-state index in [0.29, 0.717) is 17.1 Å². The SMILES string of the molecule is CC1(Oc2ccc(N)c(C(=N)n3cnc(N4CCOC5(CC5)C4)c3)c2)CC1. The summed E-state index contributed by atoms with van der Waals surface area (Å²) < 4.78 is 13.6. The molecule has 1 spiro atoms. The summed E-state index contributed by atoms with van der Waals surface area (Å²) in [4.78, 5) is 6.77. The highest BCUT2D eigenvalue weighted by atomic mass is 16.5. The van der Waals surface area contributed by atoms with Crippen molar-refractivity contribution in [1.82, 2.24) is 9.55 Å². The zero-order valence-electron chi connectivity index (χ0n) is 15.6. The van der Waals surface area contributed by atoms with Gasteiger partial charge in [0.2, 0.25) is 0 Å². The van der Waals surface area contributed by atoms with E-state index >= 15 is 0 Å². The number of benzene rings is 1. The number of nitrogen functional groups attached to an aromatic ring is 1. The predicted octanol–water partition coefficient (Wildman–Crippen LogP) is 2.64. The Morgan fingerprint density at radius 2 is 2.11 bits per heavy atom. The first-order chi connectivity index (χ1) is 13.0. The molecule has 3 aliphatic rings. The number of nitrogens with zero attached hydrogens (tertiary/aromatic N) is 3. The van der Waals surface area contributed by atoms with Crippen molar-refractivity contribution in [3.05, 3.63) is 36.3 Å². The number of rotatable bonds is 4. The first-order valence-electron chi connectivity index (χ1n) is 9.56. The molecule has 1 aromatic carbocycles. The Balaban J connectivity index is 1.36. The van der Waals surface area contributed by atoms with Gasteiger partial charge in [0.05, 0.1) is 18.4 Å². The van der Waals surface area contributed by atoms with Crippen LogP contribution >= 0.6 is 0 Å². The molecular formula is C20H25N5O2. The lowest BCUT2D eigenvalue weighted by atomic mass is 10.1. The predicted molar refractivity (Wildman–Crippen MR) is 104 cm³/mol. The van der Waals surface area contributed by atoms with Gasteiger partial charge in [-0.25, -0.2) is 4.98 Å². The largest absolute Gasteiger partial charge is 0.488 e. The number of hydrogen-bond donors (Lipinski definition) is 2. The van der Waals surface area contributed by atoms with Crippen LogP contribution in [0.4, 0.5) is 11.5 Å². The molecule has 0 unspecified atom stereocenters. The summed E-state index contributed by atoms with van der Waals surface area (Å²) in [6.07, 6.45) is 7.97. The van der Waals surface area contributed by atoms with Crippen molar-refractivity contribution in [3.8, 4) is 5.75 Å². The van der Waals surface area contributed by atoms with E-state index in [1.54, 1.807) is 10.9 Å². The van der Waals surface area contributed by atoms with Crippen molar-refractivity contribution in [2.75, 3.05) is 30.3 Å². The monoisotopic (exact) mass is 367 g/mol.